The van der Waals surface area contributed by atoms with Crippen LogP contribution in [0.25, 0.3) is 0 Å². The Morgan fingerprint density at radius 2 is 2.20 bits per heavy atom. The third kappa shape index (κ3) is 2.69. The van der Waals surface area contributed by atoms with E-state index in [-0.39, 0.29) is 6.10 Å². The molecule has 0 saturated heterocycles. The van der Waals surface area contributed by atoms with E-state index in [1.165, 1.54) is 0 Å². The molecule has 0 amide bonds. The Balaban J connectivity index is 3.10. The Labute approximate surface area is 90.7 Å². The van der Waals surface area contributed by atoms with Crippen molar-refractivity contribution in [2.24, 2.45) is 0 Å². The van der Waals surface area contributed by atoms with Crippen LogP contribution in [0.3, 0.4) is 0 Å². The van der Waals surface area contributed by atoms with Crippen LogP contribution >= 0.6 is 0 Å². The van der Waals surface area contributed by atoms with E-state index >= 15 is 0 Å². The largest absolute Gasteiger partial charge is 0.474 e. The van der Waals surface area contributed by atoms with Crippen molar-refractivity contribution in [1.29, 1.82) is 5.26 Å². The first-order chi connectivity index (χ1) is 7.08. The first-order valence-corrected chi connectivity index (χ1v) is 5.13. The Hall–Kier alpha value is -1.56. The molecular formula is C12H16N2O. The summed E-state index contributed by atoms with van der Waals surface area (Å²) in [5.74, 6) is 0.462. The van der Waals surface area contributed by atoms with Crippen LogP contribution in [0, 0.1) is 25.2 Å². The van der Waals surface area contributed by atoms with Gasteiger partial charge in [-0.15, -0.1) is 0 Å². The summed E-state index contributed by atoms with van der Waals surface area (Å²) in [6.07, 6.45) is 0.991. The zero-order chi connectivity index (χ0) is 11.4. The second-order valence-corrected chi connectivity index (χ2v) is 3.71. The summed E-state index contributed by atoms with van der Waals surface area (Å²) in [4.78, 5) is 4.25. The Morgan fingerprint density at radius 1 is 1.53 bits per heavy atom. The van der Waals surface area contributed by atoms with Gasteiger partial charge in [-0.25, -0.2) is 4.98 Å². The number of aryl methyl sites for hydroxylation is 2. The number of aromatic nitrogens is 1. The predicted molar refractivity (Wildman–Crippen MR) is 58.8 cm³/mol. The summed E-state index contributed by atoms with van der Waals surface area (Å²) in [5.41, 5.74) is 2.34. The quantitative estimate of drug-likeness (QED) is 0.760. The number of rotatable bonds is 3. The zero-order valence-corrected chi connectivity index (χ0v) is 9.66. The van der Waals surface area contributed by atoms with Gasteiger partial charge < -0.3 is 4.74 Å². The highest BCUT2D eigenvalue weighted by Crippen LogP contribution is 2.21. The summed E-state index contributed by atoms with van der Waals surface area (Å²) in [6, 6.07) is 4.02. The van der Waals surface area contributed by atoms with Gasteiger partial charge in [0, 0.05) is 5.69 Å². The molecule has 0 aliphatic carbocycles. The van der Waals surface area contributed by atoms with Crippen LogP contribution in [-0.2, 0) is 0 Å². The molecule has 1 aromatic heterocycles. The van der Waals surface area contributed by atoms with Crippen molar-refractivity contribution in [2.75, 3.05) is 0 Å². The highest BCUT2D eigenvalue weighted by Gasteiger charge is 2.11. The minimum atomic E-state index is 0.0887. The topological polar surface area (TPSA) is 45.9 Å². The highest BCUT2D eigenvalue weighted by atomic mass is 16.5. The molecule has 15 heavy (non-hydrogen) atoms. The molecule has 0 N–H and O–H groups in total. The molecule has 0 radical (unpaired) electrons. The van der Waals surface area contributed by atoms with E-state index in [0.717, 1.165) is 17.7 Å². The number of ether oxygens (including phenoxy) is 1. The number of hydrogen-bond acceptors (Lipinski definition) is 3. The van der Waals surface area contributed by atoms with Gasteiger partial charge in [-0.05, 0) is 38.8 Å². The van der Waals surface area contributed by atoms with Crippen molar-refractivity contribution < 1.29 is 4.74 Å². The van der Waals surface area contributed by atoms with Gasteiger partial charge in [0.05, 0.1) is 6.10 Å². The maximum absolute atomic E-state index is 9.01. The molecule has 1 aromatic rings. The van der Waals surface area contributed by atoms with E-state index in [0.29, 0.717) is 11.4 Å². The van der Waals surface area contributed by atoms with Crippen LogP contribution < -0.4 is 4.74 Å². The predicted octanol–water partition coefficient (Wildman–Crippen LogP) is 2.75. The zero-order valence-electron chi connectivity index (χ0n) is 9.66. The van der Waals surface area contributed by atoms with Crippen molar-refractivity contribution in [3.05, 3.63) is 22.9 Å². The molecule has 0 aliphatic rings. The molecular weight excluding hydrogens is 188 g/mol. The molecule has 1 heterocycles. The van der Waals surface area contributed by atoms with Crippen molar-refractivity contribution in [3.63, 3.8) is 0 Å². The van der Waals surface area contributed by atoms with Crippen molar-refractivity contribution in [3.8, 4) is 11.9 Å². The molecule has 0 fully saturated rings. The molecule has 80 valence electrons. The standard InChI is InChI=1S/C12H16N2O/c1-5-10(4)15-12-11(7-13)8(2)6-9(3)14-12/h6,10H,5H2,1-4H3. The van der Waals surface area contributed by atoms with E-state index in [4.69, 9.17) is 10.00 Å². The minimum Gasteiger partial charge on any atom is -0.474 e. The van der Waals surface area contributed by atoms with Crippen LogP contribution in [0.15, 0.2) is 6.07 Å². The smallest absolute Gasteiger partial charge is 0.232 e. The molecule has 0 saturated carbocycles. The summed E-state index contributed by atoms with van der Waals surface area (Å²) >= 11 is 0. The van der Waals surface area contributed by atoms with E-state index in [9.17, 15) is 0 Å². The molecule has 0 spiro atoms. The molecule has 1 atom stereocenters. The molecule has 0 bridgehead atoms. The summed E-state index contributed by atoms with van der Waals surface area (Å²) < 4.78 is 5.61. The average molecular weight is 204 g/mol. The second kappa shape index (κ2) is 4.79. The monoisotopic (exact) mass is 204 g/mol. The van der Waals surface area contributed by atoms with E-state index in [2.05, 4.69) is 11.1 Å². The van der Waals surface area contributed by atoms with E-state index < -0.39 is 0 Å². The number of nitriles is 1. The van der Waals surface area contributed by atoms with Crippen LogP contribution in [0.5, 0.6) is 5.88 Å². The number of nitrogens with zero attached hydrogens (tertiary/aromatic N) is 2. The first kappa shape index (κ1) is 11.5. The van der Waals surface area contributed by atoms with Gasteiger partial charge in [0.15, 0.2) is 0 Å². The van der Waals surface area contributed by atoms with E-state index in [1.807, 2.05) is 33.8 Å². The van der Waals surface area contributed by atoms with Crippen molar-refractivity contribution in [2.45, 2.75) is 40.2 Å². The molecule has 0 aliphatic heterocycles. The minimum absolute atomic E-state index is 0.0887. The fraction of sp³-hybridized carbons (Fsp3) is 0.500. The molecule has 1 unspecified atom stereocenters. The lowest BCUT2D eigenvalue weighted by Crippen LogP contribution is -2.12. The first-order valence-electron chi connectivity index (χ1n) is 5.13. The normalized spacial score (nSPS) is 11.9. The van der Waals surface area contributed by atoms with Gasteiger partial charge in [-0.2, -0.15) is 5.26 Å². The average Bonchev–Trinajstić information content (AvgIpc) is 2.17. The van der Waals surface area contributed by atoms with Crippen LogP contribution in [-0.4, -0.2) is 11.1 Å². The SMILES string of the molecule is CCC(C)Oc1nc(C)cc(C)c1C#N. The molecule has 0 aromatic carbocycles. The van der Waals surface area contributed by atoms with Crippen LogP contribution in [0.1, 0.15) is 37.1 Å². The summed E-state index contributed by atoms with van der Waals surface area (Å²) in [6.45, 7) is 7.81. The lowest BCUT2D eigenvalue weighted by Gasteiger charge is -2.14. The second-order valence-electron chi connectivity index (χ2n) is 3.71. The third-order valence-electron chi connectivity index (χ3n) is 2.31. The van der Waals surface area contributed by atoms with Gasteiger partial charge in [0.25, 0.3) is 0 Å². The van der Waals surface area contributed by atoms with Gasteiger partial charge in [0.1, 0.15) is 11.6 Å². The Morgan fingerprint density at radius 3 is 2.73 bits per heavy atom. The maximum Gasteiger partial charge on any atom is 0.232 e. The maximum atomic E-state index is 9.01. The highest BCUT2D eigenvalue weighted by molar-refractivity contribution is 5.45. The molecule has 1 rings (SSSR count). The van der Waals surface area contributed by atoms with Crippen LogP contribution in [0.4, 0.5) is 0 Å². The Bertz CT molecular complexity index is 393. The fourth-order valence-corrected chi connectivity index (χ4v) is 1.30. The molecule has 3 nitrogen and oxygen atoms in total. The Kier molecular flexibility index (Phi) is 3.68. The third-order valence-corrected chi connectivity index (χ3v) is 2.31. The van der Waals surface area contributed by atoms with Gasteiger partial charge in [-0.1, -0.05) is 6.92 Å². The lowest BCUT2D eigenvalue weighted by atomic mass is 10.1. The molecule has 3 heteroatoms. The summed E-state index contributed by atoms with van der Waals surface area (Å²) in [5, 5.41) is 9.01. The van der Waals surface area contributed by atoms with Crippen LogP contribution in [0.2, 0.25) is 0 Å². The van der Waals surface area contributed by atoms with Crippen molar-refractivity contribution >= 4 is 0 Å². The van der Waals surface area contributed by atoms with Gasteiger partial charge in [0.2, 0.25) is 5.88 Å². The fourth-order valence-electron chi connectivity index (χ4n) is 1.30. The van der Waals surface area contributed by atoms with Gasteiger partial charge in [-0.3, -0.25) is 0 Å². The number of pyridine rings is 1. The van der Waals surface area contributed by atoms with E-state index in [1.54, 1.807) is 0 Å². The lowest BCUT2D eigenvalue weighted by molar-refractivity contribution is 0.207. The summed E-state index contributed by atoms with van der Waals surface area (Å²) in [7, 11) is 0. The van der Waals surface area contributed by atoms with Gasteiger partial charge >= 0.3 is 0 Å². The number of hydrogen-bond donors (Lipinski definition) is 0. The van der Waals surface area contributed by atoms with Crippen molar-refractivity contribution in [1.82, 2.24) is 4.98 Å².